The van der Waals surface area contributed by atoms with Crippen molar-refractivity contribution in [3.05, 3.63) is 23.6 Å². The topological polar surface area (TPSA) is 68.0 Å². The zero-order chi connectivity index (χ0) is 11.7. The number of pyridine rings is 1. The fraction of sp³-hybridized carbons (Fsp3) is 0.455. The van der Waals surface area contributed by atoms with Crippen molar-refractivity contribution >= 4 is 11.7 Å². The molecule has 5 heteroatoms. The van der Waals surface area contributed by atoms with Gasteiger partial charge in [0.05, 0.1) is 11.8 Å². The number of carbonyl (C=O) groups is 1. The van der Waals surface area contributed by atoms with E-state index in [9.17, 15) is 9.18 Å². The number of aromatic nitrogens is 1. The van der Waals surface area contributed by atoms with Gasteiger partial charge < -0.3 is 11.1 Å². The smallest absolute Gasteiger partial charge is 0.255 e. The van der Waals surface area contributed by atoms with Gasteiger partial charge in [0, 0.05) is 6.04 Å². The Bertz CT molecular complexity index is 416. The third kappa shape index (κ3) is 2.13. The molecular weight excluding hydrogens is 209 g/mol. The van der Waals surface area contributed by atoms with Gasteiger partial charge in [0.2, 0.25) is 0 Å². The van der Waals surface area contributed by atoms with E-state index in [4.69, 9.17) is 5.73 Å². The number of carbonyl (C=O) groups excluding carboxylic acids is 1. The molecule has 2 rings (SSSR count). The number of anilines is 1. The molecule has 0 aliphatic heterocycles. The molecule has 16 heavy (non-hydrogen) atoms. The fourth-order valence-corrected chi connectivity index (χ4v) is 1.92. The van der Waals surface area contributed by atoms with Crippen molar-refractivity contribution in [1.29, 1.82) is 0 Å². The summed E-state index contributed by atoms with van der Waals surface area (Å²) in [6, 6.07) is 1.30. The quantitative estimate of drug-likeness (QED) is 0.794. The monoisotopic (exact) mass is 223 g/mol. The molecular formula is C11H14FN3O. The van der Waals surface area contributed by atoms with E-state index in [0.717, 1.165) is 25.1 Å². The van der Waals surface area contributed by atoms with Gasteiger partial charge >= 0.3 is 0 Å². The number of hydrogen-bond donors (Lipinski definition) is 2. The number of nitrogen functional groups attached to an aromatic ring is 1. The summed E-state index contributed by atoms with van der Waals surface area (Å²) in [5, 5.41) is 2.81. The van der Waals surface area contributed by atoms with Crippen LogP contribution in [0, 0.1) is 11.7 Å². The third-order valence-corrected chi connectivity index (χ3v) is 2.84. The average Bonchev–Trinajstić information content (AvgIpc) is 2.19. The van der Waals surface area contributed by atoms with Crippen molar-refractivity contribution < 1.29 is 9.18 Å². The second-order valence-corrected chi connectivity index (χ2v) is 4.33. The molecule has 1 amide bonds. The molecule has 1 aliphatic rings. The van der Waals surface area contributed by atoms with Gasteiger partial charge in [-0.1, -0.05) is 6.92 Å². The van der Waals surface area contributed by atoms with E-state index in [1.807, 2.05) is 0 Å². The highest BCUT2D eigenvalue weighted by atomic mass is 19.1. The van der Waals surface area contributed by atoms with Crippen LogP contribution in [0.4, 0.5) is 10.2 Å². The van der Waals surface area contributed by atoms with Crippen molar-refractivity contribution in [3.8, 4) is 0 Å². The van der Waals surface area contributed by atoms with Crippen molar-refractivity contribution in [1.82, 2.24) is 10.3 Å². The van der Waals surface area contributed by atoms with Crippen molar-refractivity contribution in [3.63, 3.8) is 0 Å². The molecule has 0 radical (unpaired) electrons. The SMILES string of the molecule is CC1CC(NC(=O)c2cc(F)cnc2N)C1. The van der Waals surface area contributed by atoms with E-state index in [2.05, 4.69) is 17.2 Å². The maximum absolute atomic E-state index is 12.9. The molecule has 1 aliphatic carbocycles. The normalized spacial score (nSPS) is 23.6. The molecule has 1 fully saturated rings. The van der Waals surface area contributed by atoms with Crippen LogP contribution in [0.3, 0.4) is 0 Å². The van der Waals surface area contributed by atoms with E-state index in [-0.39, 0.29) is 23.3 Å². The van der Waals surface area contributed by atoms with Crippen LogP contribution < -0.4 is 11.1 Å². The molecule has 3 N–H and O–H groups in total. The Morgan fingerprint density at radius 1 is 1.62 bits per heavy atom. The number of hydrogen-bond acceptors (Lipinski definition) is 3. The number of nitrogens with zero attached hydrogens (tertiary/aromatic N) is 1. The van der Waals surface area contributed by atoms with Gasteiger partial charge in [0.25, 0.3) is 5.91 Å². The predicted octanol–water partition coefficient (Wildman–Crippen LogP) is 1.33. The summed E-state index contributed by atoms with van der Waals surface area (Å²) in [7, 11) is 0. The fourth-order valence-electron chi connectivity index (χ4n) is 1.92. The molecule has 1 aromatic rings. The number of halogens is 1. The van der Waals surface area contributed by atoms with E-state index >= 15 is 0 Å². The number of nitrogens with one attached hydrogen (secondary N) is 1. The van der Waals surface area contributed by atoms with Crippen LogP contribution in [0.2, 0.25) is 0 Å². The maximum atomic E-state index is 12.9. The summed E-state index contributed by atoms with van der Waals surface area (Å²) in [5.74, 6) is -0.192. The first-order valence-corrected chi connectivity index (χ1v) is 5.28. The van der Waals surface area contributed by atoms with Crippen molar-refractivity contribution in [2.75, 3.05) is 5.73 Å². The van der Waals surface area contributed by atoms with Crippen LogP contribution in [-0.4, -0.2) is 16.9 Å². The number of rotatable bonds is 2. The lowest BCUT2D eigenvalue weighted by Gasteiger charge is -2.33. The molecule has 0 unspecified atom stereocenters. The minimum atomic E-state index is -0.554. The van der Waals surface area contributed by atoms with Gasteiger partial charge in [-0.2, -0.15) is 0 Å². The zero-order valence-electron chi connectivity index (χ0n) is 9.03. The minimum absolute atomic E-state index is 0.0614. The minimum Gasteiger partial charge on any atom is -0.383 e. The van der Waals surface area contributed by atoms with E-state index < -0.39 is 5.82 Å². The van der Waals surface area contributed by atoms with Gasteiger partial charge in [-0.3, -0.25) is 4.79 Å². The molecule has 0 atom stereocenters. The second-order valence-electron chi connectivity index (χ2n) is 4.33. The number of amides is 1. The second kappa shape index (κ2) is 4.08. The Balaban J connectivity index is 2.05. The lowest BCUT2D eigenvalue weighted by Crippen LogP contribution is -2.43. The Kier molecular flexibility index (Phi) is 2.77. The Morgan fingerprint density at radius 2 is 2.31 bits per heavy atom. The first kappa shape index (κ1) is 10.9. The summed E-state index contributed by atoms with van der Waals surface area (Å²) < 4.78 is 12.9. The number of nitrogens with two attached hydrogens (primary N) is 1. The Hall–Kier alpha value is -1.65. The van der Waals surface area contributed by atoms with E-state index in [1.165, 1.54) is 0 Å². The molecule has 0 spiro atoms. The van der Waals surface area contributed by atoms with Crippen LogP contribution in [0.1, 0.15) is 30.1 Å². The van der Waals surface area contributed by atoms with Gasteiger partial charge in [-0.15, -0.1) is 0 Å². The maximum Gasteiger partial charge on any atom is 0.255 e. The van der Waals surface area contributed by atoms with Gasteiger partial charge in [0.1, 0.15) is 11.6 Å². The first-order valence-electron chi connectivity index (χ1n) is 5.28. The standard InChI is InChI=1S/C11H14FN3O/c1-6-2-8(3-6)15-11(16)9-4-7(12)5-14-10(9)13/h4-6,8H,2-3H2,1H3,(H2,13,14)(H,15,16). The molecule has 1 heterocycles. The highest BCUT2D eigenvalue weighted by Crippen LogP contribution is 2.26. The molecule has 0 aromatic carbocycles. The lowest BCUT2D eigenvalue weighted by atomic mass is 9.82. The van der Waals surface area contributed by atoms with Crippen molar-refractivity contribution in [2.45, 2.75) is 25.8 Å². The van der Waals surface area contributed by atoms with Crippen LogP contribution in [0.5, 0.6) is 0 Å². The molecule has 86 valence electrons. The summed E-state index contributed by atoms with van der Waals surface area (Å²) in [6.45, 7) is 2.13. The van der Waals surface area contributed by atoms with E-state index in [1.54, 1.807) is 0 Å². The van der Waals surface area contributed by atoms with Crippen LogP contribution >= 0.6 is 0 Å². The highest BCUT2D eigenvalue weighted by Gasteiger charge is 2.27. The average molecular weight is 223 g/mol. The molecule has 1 saturated carbocycles. The molecule has 1 aromatic heterocycles. The van der Waals surface area contributed by atoms with Crippen molar-refractivity contribution in [2.24, 2.45) is 5.92 Å². The summed E-state index contributed by atoms with van der Waals surface area (Å²) in [4.78, 5) is 15.3. The highest BCUT2D eigenvalue weighted by molar-refractivity contribution is 5.98. The summed E-state index contributed by atoms with van der Waals surface area (Å²) in [6.07, 6.45) is 2.93. The molecule has 0 saturated heterocycles. The third-order valence-electron chi connectivity index (χ3n) is 2.84. The summed E-state index contributed by atoms with van der Waals surface area (Å²) >= 11 is 0. The lowest BCUT2D eigenvalue weighted by molar-refractivity contribution is 0.0896. The Morgan fingerprint density at radius 3 is 2.94 bits per heavy atom. The van der Waals surface area contributed by atoms with Gasteiger partial charge in [-0.25, -0.2) is 9.37 Å². The summed E-state index contributed by atoms with van der Waals surface area (Å²) in [5.41, 5.74) is 5.62. The first-order chi connectivity index (χ1) is 7.56. The van der Waals surface area contributed by atoms with Crippen LogP contribution in [-0.2, 0) is 0 Å². The van der Waals surface area contributed by atoms with E-state index in [0.29, 0.717) is 5.92 Å². The van der Waals surface area contributed by atoms with Gasteiger partial charge in [0.15, 0.2) is 0 Å². The van der Waals surface area contributed by atoms with Gasteiger partial charge in [-0.05, 0) is 24.8 Å². The predicted molar refractivity (Wildman–Crippen MR) is 58.3 cm³/mol. The largest absolute Gasteiger partial charge is 0.383 e. The Labute approximate surface area is 93.1 Å². The zero-order valence-corrected chi connectivity index (χ0v) is 9.03. The molecule has 0 bridgehead atoms. The molecule has 4 nitrogen and oxygen atoms in total. The van der Waals surface area contributed by atoms with Crippen LogP contribution in [0.25, 0.3) is 0 Å². The van der Waals surface area contributed by atoms with Crippen LogP contribution in [0.15, 0.2) is 12.3 Å².